The largest absolute Gasteiger partial charge is 0.473 e. The second-order valence-electron chi connectivity index (χ2n) is 4.32. The Bertz CT molecular complexity index is 705. The van der Waals surface area contributed by atoms with Crippen LogP contribution in [0, 0.1) is 13.8 Å². The molecule has 0 aliphatic heterocycles. The molecule has 0 N–H and O–H groups in total. The number of aromatic nitrogens is 2. The van der Waals surface area contributed by atoms with E-state index in [-0.39, 0.29) is 0 Å². The molecule has 0 saturated heterocycles. The highest BCUT2D eigenvalue weighted by Crippen LogP contribution is 2.27. The lowest BCUT2D eigenvalue weighted by Gasteiger charge is -2.09. The van der Waals surface area contributed by atoms with E-state index in [9.17, 15) is 0 Å². The summed E-state index contributed by atoms with van der Waals surface area (Å²) in [6.45, 7) is 6.32. The van der Waals surface area contributed by atoms with E-state index in [1.54, 1.807) is 6.20 Å². The van der Waals surface area contributed by atoms with Crippen molar-refractivity contribution < 1.29 is 9.26 Å². The van der Waals surface area contributed by atoms with E-state index in [0.29, 0.717) is 23.6 Å². The number of nitrogens with zero attached hydrogens (tertiary/aromatic N) is 2. The first kappa shape index (κ1) is 11.7. The molecule has 19 heavy (non-hydrogen) atoms. The molecule has 0 bridgehead atoms. The first-order valence-electron chi connectivity index (χ1n) is 5.99. The lowest BCUT2D eigenvalue weighted by Crippen LogP contribution is -2.00. The Labute approximate surface area is 111 Å². The summed E-state index contributed by atoms with van der Waals surface area (Å²) in [5.74, 6) is 0.525. The highest BCUT2D eigenvalue weighted by atomic mass is 16.5. The first-order chi connectivity index (χ1) is 9.25. The van der Waals surface area contributed by atoms with E-state index in [1.165, 1.54) is 0 Å². The van der Waals surface area contributed by atoms with Gasteiger partial charge in [0.1, 0.15) is 6.61 Å². The smallest absolute Gasteiger partial charge is 0.218 e. The number of ether oxygens (including phenoxy) is 1. The van der Waals surface area contributed by atoms with Crippen LogP contribution < -0.4 is 4.74 Å². The Kier molecular flexibility index (Phi) is 2.91. The number of hydrogen-bond acceptors (Lipinski definition) is 4. The molecule has 0 amide bonds. The molecule has 1 aromatic carbocycles. The maximum absolute atomic E-state index is 5.74. The van der Waals surface area contributed by atoms with Gasteiger partial charge < -0.3 is 9.26 Å². The van der Waals surface area contributed by atoms with Gasteiger partial charge in [-0.3, -0.25) is 0 Å². The van der Waals surface area contributed by atoms with E-state index in [0.717, 1.165) is 16.6 Å². The third-order valence-corrected chi connectivity index (χ3v) is 2.97. The van der Waals surface area contributed by atoms with E-state index < -0.39 is 0 Å². The van der Waals surface area contributed by atoms with Crippen molar-refractivity contribution in [3.63, 3.8) is 0 Å². The zero-order chi connectivity index (χ0) is 13.2. The van der Waals surface area contributed by atoms with Crippen molar-refractivity contribution in [2.45, 2.75) is 13.5 Å². The molecule has 3 rings (SSSR count). The number of pyridine rings is 1. The predicted molar refractivity (Wildman–Crippen MR) is 71.8 cm³/mol. The molecule has 1 radical (unpaired) electrons. The Balaban J connectivity index is 1.91. The van der Waals surface area contributed by atoms with Crippen molar-refractivity contribution in [1.29, 1.82) is 0 Å². The van der Waals surface area contributed by atoms with Gasteiger partial charge in [0.15, 0.2) is 5.58 Å². The monoisotopic (exact) mass is 253 g/mol. The average molecular weight is 253 g/mol. The quantitative estimate of drug-likeness (QED) is 0.718. The van der Waals surface area contributed by atoms with Crippen LogP contribution in [0.25, 0.3) is 11.0 Å². The van der Waals surface area contributed by atoms with Crippen molar-refractivity contribution in [2.24, 2.45) is 0 Å². The molecule has 4 heteroatoms. The minimum Gasteiger partial charge on any atom is -0.473 e. The molecular weight excluding hydrogens is 240 g/mol. The third kappa shape index (κ3) is 2.17. The zero-order valence-corrected chi connectivity index (χ0v) is 10.6. The van der Waals surface area contributed by atoms with E-state index >= 15 is 0 Å². The summed E-state index contributed by atoms with van der Waals surface area (Å²) in [6, 6.07) is 9.94. The normalized spacial score (nSPS) is 10.8. The molecule has 0 spiro atoms. The minimum absolute atomic E-state index is 0.465. The second kappa shape index (κ2) is 4.72. The molecular formula is C15H13N2O2. The van der Waals surface area contributed by atoms with Gasteiger partial charge in [-0.25, -0.2) is 4.98 Å². The summed E-state index contributed by atoms with van der Waals surface area (Å²) in [5, 5.41) is 4.61. The van der Waals surface area contributed by atoms with Crippen LogP contribution in [0.3, 0.4) is 0 Å². The Hall–Kier alpha value is -2.36. The molecule has 2 aromatic heterocycles. The number of rotatable bonds is 3. The van der Waals surface area contributed by atoms with Gasteiger partial charge in [0.25, 0.3) is 0 Å². The van der Waals surface area contributed by atoms with Crippen LogP contribution in [0.15, 0.2) is 41.1 Å². The van der Waals surface area contributed by atoms with Crippen molar-refractivity contribution >= 4 is 11.0 Å². The van der Waals surface area contributed by atoms with Gasteiger partial charge >= 0.3 is 0 Å². The van der Waals surface area contributed by atoms with Gasteiger partial charge in [0.2, 0.25) is 5.88 Å². The van der Waals surface area contributed by atoms with E-state index in [2.05, 4.69) is 17.1 Å². The molecule has 95 valence electrons. The summed E-state index contributed by atoms with van der Waals surface area (Å²) in [4.78, 5) is 4.37. The van der Waals surface area contributed by atoms with Crippen molar-refractivity contribution in [3.05, 3.63) is 60.3 Å². The van der Waals surface area contributed by atoms with E-state index in [1.807, 2.05) is 37.3 Å². The number of benzene rings is 1. The van der Waals surface area contributed by atoms with Crippen molar-refractivity contribution in [1.82, 2.24) is 10.1 Å². The van der Waals surface area contributed by atoms with Crippen LogP contribution in [0.2, 0.25) is 0 Å². The number of hydrogen-bond donors (Lipinski definition) is 0. The van der Waals surface area contributed by atoms with Gasteiger partial charge in [0.05, 0.1) is 17.3 Å². The summed E-state index contributed by atoms with van der Waals surface area (Å²) in [6.07, 6.45) is 1.64. The Morgan fingerprint density at radius 1 is 1.26 bits per heavy atom. The van der Waals surface area contributed by atoms with Crippen molar-refractivity contribution in [2.75, 3.05) is 0 Å². The van der Waals surface area contributed by atoms with Gasteiger partial charge in [0, 0.05) is 5.56 Å². The molecule has 0 aliphatic carbocycles. The summed E-state index contributed by atoms with van der Waals surface area (Å²) in [7, 11) is 0. The molecule has 2 heterocycles. The summed E-state index contributed by atoms with van der Waals surface area (Å²) < 4.78 is 10.9. The van der Waals surface area contributed by atoms with Crippen LogP contribution in [-0.4, -0.2) is 10.1 Å². The highest BCUT2D eigenvalue weighted by molar-refractivity contribution is 5.83. The molecule has 0 saturated carbocycles. The lowest BCUT2D eigenvalue weighted by atomic mass is 10.2. The van der Waals surface area contributed by atoms with Crippen LogP contribution >= 0.6 is 0 Å². The molecule has 0 fully saturated rings. The first-order valence-corrected chi connectivity index (χ1v) is 5.99. The topological polar surface area (TPSA) is 48.2 Å². The molecule has 0 atom stereocenters. The summed E-state index contributed by atoms with van der Waals surface area (Å²) >= 11 is 0. The van der Waals surface area contributed by atoms with Gasteiger partial charge in [-0.2, -0.15) is 0 Å². The SMILES string of the molecule is [CH2]c1c(OCc2ccccc2)nc(C)c2oncc12. The highest BCUT2D eigenvalue weighted by Gasteiger charge is 2.13. The number of aryl methyl sites for hydroxylation is 1. The van der Waals surface area contributed by atoms with Crippen LogP contribution in [0.1, 0.15) is 16.8 Å². The predicted octanol–water partition coefficient (Wildman–Crippen LogP) is 3.29. The fourth-order valence-corrected chi connectivity index (χ4v) is 1.95. The molecule has 4 nitrogen and oxygen atoms in total. The standard InChI is InChI=1S/C15H13N2O2/c1-10-13-8-16-19-14(13)11(2)17-15(10)18-9-12-6-4-3-5-7-12/h3-8H,1,9H2,2H3. The average Bonchev–Trinajstić information content (AvgIpc) is 2.92. The number of fused-ring (bicyclic) bond motifs is 1. The second-order valence-corrected chi connectivity index (χ2v) is 4.32. The maximum Gasteiger partial charge on any atom is 0.218 e. The van der Waals surface area contributed by atoms with Gasteiger partial charge in [-0.15, -0.1) is 0 Å². The van der Waals surface area contributed by atoms with Crippen LogP contribution in [0.5, 0.6) is 5.88 Å². The van der Waals surface area contributed by atoms with Gasteiger partial charge in [-0.1, -0.05) is 35.5 Å². The molecule has 0 unspecified atom stereocenters. The molecule has 3 aromatic rings. The summed E-state index contributed by atoms with van der Waals surface area (Å²) in [5.41, 5.74) is 3.21. The van der Waals surface area contributed by atoms with Gasteiger partial charge in [-0.05, 0) is 19.4 Å². The van der Waals surface area contributed by atoms with Crippen LogP contribution in [0.4, 0.5) is 0 Å². The lowest BCUT2D eigenvalue weighted by molar-refractivity contribution is 0.292. The fraction of sp³-hybridized carbons (Fsp3) is 0.133. The Morgan fingerprint density at radius 2 is 2.05 bits per heavy atom. The Morgan fingerprint density at radius 3 is 2.84 bits per heavy atom. The van der Waals surface area contributed by atoms with E-state index in [4.69, 9.17) is 9.26 Å². The zero-order valence-electron chi connectivity index (χ0n) is 10.6. The third-order valence-electron chi connectivity index (χ3n) is 2.97. The fourth-order valence-electron chi connectivity index (χ4n) is 1.95. The van der Waals surface area contributed by atoms with Crippen molar-refractivity contribution in [3.8, 4) is 5.88 Å². The van der Waals surface area contributed by atoms with Crippen LogP contribution in [-0.2, 0) is 6.61 Å². The maximum atomic E-state index is 5.74. The molecule has 0 aliphatic rings. The minimum atomic E-state index is 0.465.